The number of thioether (sulfide) groups is 1. The Bertz CT molecular complexity index is 1420. The van der Waals surface area contributed by atoms with Crippen molar-refractivity contribution in [2.75, 3.05) is 4.90 Å². The molecule has 0 unspecified atom stereocenters. The minimum Gasteiger partial charge on any atom is -0.268 e. The van der Waals surface area contributed by atoms with Gasteiger partial charge in [-0.1, -0.05) is 39.8 Å². The molecule has 3 aromatic carbocycles. The molecule has 0 fully saturated rings. The molecule has 5 rings (SSSR count). The number of hydrogen-bond acceptors (Lipinski definition) is 5. The number of anilines is 1. The van der Waals surface area contributed by atoms with Crippen LogP contribution in [0.25, 0.3) is 10.2 Å². The number of amides is 2. The highest BCUT2D eigenvalue weighted by molar-refractivity contribution is 9.15. The zero-order valence-corrected chi connectivity index (χ0v) is 25.7. The molecular weight excluding hydrogens is 788 g/mol. The SMILES string of the molecule is O=C1c2c(Br)c(Br)c(Br)c(Br)c2C(=O)N1c1ccc2nc(SCc3ccc(Br)cc3)sc2c1. The first kappa shape index (κ1) is 24.1. The van der Waals surface area contributed by atoms with E-state index in [9.17, 15) is 9.59 Å². The smallest absolute Gasteiger partial charge is 0.267 e. The van der Waals surface area contributed by atoms with Gasteiger partial charge in [-0.3, -0.25) is 9.59 Å². The Labute approximate surface area is 239 Å². The van der Waals surface area contributed by atoms with Crippen molar-refractivity contribution < 1.29 is 9.59 Å². The van der Waals surface area contributed by atoms with Gasteiger partial charge in [-0.25, -0.2) is 9.88 Å². The minimum absolute atomic E-state index is 0.331. The van der Waals surface area contributed by atoms with Crippen LogP contribution in [0.3, 0.4) is 0 Å². The van der Waals surface area contributed by atoms with E-state index in [1.807, 2.05) is 24.3 Å². The first-order valence-electron chi connectivity index (χ1n) is 9.29. The van der Waals surface area contributed by atoms with Crippen molar-refractivity contribution in [3.05, 3.63) is 81.5 Å². The molecule has 11 heteroatoms. The van der Waals surface area contributed by atoms with E-state index >= 15 is 0 Å². The summed E-state index contributed by atoms with van der Waals surface area (Å²) in [4.78, 5) is 32.4. The first-order chi connectivity index (χ1) is 15.8. The summed E-state index contributed by atoms with van der Waals surface area (Å²) in [7, 11) is 0. The number of halogens is 5. The molecule has 33 heavy (non-hydrogen) atoms. The molecule has 2 heterocycles. The maximum Gasteiger partial charge on any atom is 0.267 e. The van der Waals surface area contributed by atoms with Gasteiger partial charge < -0.3 is 0 Å². The second-order valence-electron chi connectivity index (χ2n) is 7.00. The number of carbonyl (C=O) groups excluding carboxylic acids is 2. The maximum atomic E-state index is 13.3. The van der Waals surface area contributed by atoms with E-state index in [4.69, 9.17) is 4.98 Å². The summed E-state index contributed by atoms with van der Waals surface area (Å²) >= 11 is 20.5. The topological polar surface area (TPSA) is 50.3 Å². The molecule has 0 aliphatic carbocycles. The van der Waals surface area contributed by atoms with E-state index in [0.29, 0.717) is 34.7 Å². The van der Waals surface area contributed by atoms with Crippen LogP contribution < -0.4 is 4.90 Å². The fraction of sp³-hybridized carbons (Fsp3) is 0.0455. The lowest BCUT2D eigenvalue weighted by Gasteiger charge is -2.13. The van der Waals surface area contributed by atoms with Crippen LogP contribution in [0.1, 0.15) is 26.3 Å². The average molecular weight is 797 g/mol. The number of fused-ring (bicyclic) bond motifs is 2. The Hall–Kier alpha value is -0.560. The Morgan fingerprint density at radius 1 is 0.818 bits per heavy atom. The van der Waals surface area contributed by atoms with Gasteiger partial charge in [-0.2, -0.15) is 0 Å². The van der Waals surface area contributed by atoms with Gasteiger partial charge in [-0.15, -0.1) is 11.3 Å². The standard InChI is InChI=1S/C22H9Br5N2O2S2/c23-10-3-1-9(2-4-10)8-32-22-28-12-6-5-11(7-13(12)33-22)29-20(30)14-15(21(29)31)17(25)19(27)18(26)16(14)24/h1-7H,8H2. The third-order valence-corrected chi connectivity index (χ3v) is 12.5. The second-order valence-corrected chi connectivity index (χ2v) is 13.3. The molecule has 0 spiro atoms. The Morgan fingerprint density at radius 2 is 1.42 bits per heavy atom. The molecule has 1 aromatic heterocycles. The molecule has 166 valence electrons. The predicted octanol–water partition coefficient (Wildman–Crippen LogP) is 9.20. The van der Waals surface area contributed by atoms with E-state index in [2.05, 4.69) is 91.8 Å². The van der Waals surface area contributed by atoms with Crippen LogP contribution in [0.2, 0.25) is 0 Å². The van der Waals surface area contributed by atoms with Crippen LogP contribution in [0.15, 0.2) is 69.2 Å². The van der Waals surface area contributed by atoms with E-state index in [0.717, 1.165) is 24.8 Å². The van der Waals surface area contributed by atoms with Crippen molar-refractivity contribution in [1.29, 1.82) is 0 Å². The highest BCUT2D eigenvalue weighted by Crippen LogP contribution is 2.46. The van der Waals surface area contributed by atoms with E-state index < -0.39 is 0 Å². The predicted molar refractivity (Wildman–Crippen MR) is 152 cm³/mol. The van der Waals surface area contributed by atoms with E-state index in [-0.39, 0.29) is 11.8 Å². The van der Waals surface area contributed by atoms with E-state index in [1.165, 1.54) is 10.5 Å². The van der Waals surface area contributed by atoms with Crippen LogP contribution in [0, 0.1) is 0 Å². The van der Waals surface area contributed by atoms with Crippen LogP contribution in [0.4, 0.5) is 5.69 Å². The van der Waals surface area contributed by atoms with Gasteiger partial charge in [0.1, 0.15) is 0 Å². The molecule has 0 radical (unpaired) electrons. The van der Waals surface area contributed by atoms with Gasteiger partial charge in [0.2, 0.25) is 0 Å². The minimum atomic E-state index is -0.371. The third-order valence-electron chi connectivity index (χ3n) is 4.99. The molecule has 0 saturated heterocycles. The molecule has 0 atom stereocenters. The van der Waals surface area contributed by atoms with Gasteiger partial charge in [-0.05, 0) is 99.6 Å². The summed E-state index contributed by atoms with van der Waals surface area (Å²) in [6.45, 7) is 0. The Balaban J connectivity index is 1.46. The van der Waals surface area contributed by atoms with Crippen molar-refractivity contribution >= 4 is 130 Å². The number of rotatable bonds is 4. The van der Waals surface area contributed by atoms with Crippen molar-refractivity contribution in [3.8, 4) is 0 Å². The number of thiazole rings is 1. The summed E-state index contributed by atoms with van der Waals surface area (Å²) in [6, 6.07) is 13.7. The highest BCUT2D eigenvalue weighted by atomic mass is 79.9. The summed E-state index contributed by atoms with van der Waals surface area (Å²) in [5.41, 5.74) is 3.23. The molecule has 1 aliphatic rings. The molecule has 4 nitrogen and oxygen atoms in total. The lowest BCUT2D eigenvalue weighted by atomic mass is 10.1. The molecule has 2 amide bonds. The second kappa shape index (κ2) is 9.48. The van der Waals surface area contributed by atoms with Gasteiger partial charge in [0.15, 0.2) is 4.34 Å². The normalized spacial score (nSPS) is 13.3. The molecule has 4 aromatic rings. The molecular formula is C22H9Br5N2O2S2. The Kier molecular flexibility index (Phi) is 6.94. The van der Waals surface area contributed by atoms with Gasteiger partial charge in [0, 0.05) is 28.1 Å². The zero-order valence-electron chi connectivity index (χ0n) is 16.2. The number of aromatic nitrogens is 1. The summed E-state index contributed by atoms with van der Waals surface area (Å²) < 4.78 is 5.32. The summed E-state index contributed by atoms with van der Waals surface area (Å²) in [5.74, 6) is 0.0680. The fourth-order valence-corrected chi connectivity index (χ4v) is 8.18. The summed E-state index contributed by atoms with van der Waals surface area (Å²) in [5, 5.41) is 0. The van der Waals surface area contributed by atoms with Crippen molar-refractivity contribution in [1.82, 2.24) is 4.98 Å². The van der Waals surface area contributed by atoms with Gasteiger partial charge in [0.25, 0.3) is 11.8 Å². The molecule has 1 aliphatic heterocycles. The lowest BCUT2D eigenvalue weighted by molar-refractivity contribution is 0.0926. The molecule has 0 saturated carbocycles. The van der Waals surface area contributed by atoms with Crippen molar-refractivity contribution in [2.24, 2.45) is 0 Å². The average Bonchev–Trinajstić information content (AvgIpc) is 3.32. The zero-order chi connectivity index (χ0) is 23.4. The number of nitrogens with zero attached hydrogens (tertiary/aromatic N) is 2. The van der Waals surface area contributed by atoms with Gasteiger partial charge >= 0.3 is 0 Å². The summed E-state index contributed by atoms with van der Waals surface area (Å²) in [6.07, 6.45) is 0. The third kappa shape index (κ3) is 4.32. The number of imide groups is 1. The van der Waals surface area contributed by atoms with Crippen LogP contribution in [0.5, 0.6) is 0 Å². The number of carbonyl (C=O) groups is 2. The molecule has 0 N–H and O–H groups in total. The van der Waals surface area contributed by atoms with Crippen molar-refractivity contribution in [3.63, 3.8) is 0 Å². The quantitative estimate of drug-likeness (QED) is 0.0895. The van der Waals surface area contributed by atoms with Crippen LogP contribution in [-0.4, -0.2) is 16.8 Å². The van der Waals surface area contributed by atoms with Crippen LogP contribution >= 0.6 is 103 Å². The Morgan fingerprint density at radius 3 is 2.03 bits per heavy atom. The maximum absolute atomic E-state index is 13.3. The molecule has 0 bridgehead atoms. The lowest BCUT2D eigenvalue weighted by Crippen LogP contribution is -2.29. The number of benzene rings is 3. The first-order valence-corrected chi connectivity index (χ1v) is 15.1. The van der Waals surface area contributed by atoms with Crippen molar-refractivity contribution in [2.45, 2.75) is 10.1 Å². The highest BCUT2D eigenvalue weighted by Gasteiger charge is 2.42. The van der Waals surface area contributed by atoms with Crippen LogP contribution in [-0.2, 0) is 5.75 Å². The van der Waals surface area contributed by atoms with E-state index in [1.54, 1.807) is 29.2 Å². The largest absolute Gasteiger partial charge is 0.268 e. The van der Waals surface area contributed by atoms with Gasteiger partial charge in [0.05, 0.1) is 27.0 Å². The monoisotopic (exact) mass is 792 g/mol. The number of hydrogen-bond donors (Lipinski definition) is 0. The fourth-order valence-electron chi connectivity index (χ4n) is 3.40.